The van der Waals surface area contributed by atoms with Gasteiger partial charge in [0.2, 0.25) is 5.82 Å². The quantitative estimate of drug-likeness (QED) is 0.228. The Balaban J connectivity index is 1.49. The first-order valence-corrected chi connectivity index (χ1v) is 13.2. The number of halogens is 3. The Bertz CT molecular complexity index is 1600. The minimum Gasteiger partial charge on any atom is -0.291 e. The van der Waals surface area contributed by atoms with Gasteiger partial charge in [0.05, 0.1) is 12.2 Å². The molecule has 0 fully saturated rings. The van der Waals surface area contributed by atoms with Crippen LogP contribution in [0.3, 0.4) is 0 Å². The monoisotopic (exact) mass is 546 g/mol. The fraction of sp³-hybridized carbons (Fsp3) is 0.267. The summed E-state index contributed by atoms with van der Waals surface area (Å²) in [5, 5.41) is 14.2. The van der Waals surface area contributed by atoms with Crippen LogP contribution in [0.2, 0.25) is 0 Å². The first-order valence-electron chi connectivity index (χ1n) is 13.2. The second-order valence-electron chi connectivity index (χ2n) is 9.63. The Morgan fingerprint density at radius 2 is 1.52 bits per heavy atom. The third kappa shape index (κ3) is 5.75. The van der Waals surface area contributed by atoms with Crippen molar-refractivity contribution in [3.05, 3.63) is 112 Å². The minimum absolute atomic E-state index is 0.0407. The number of nitrogens with one attached hydrogen (secondary N) is 1. The summed E-state index contributed by atoms with van der Waals surface area (Å²) in [6, 6.07) is 24.3. The molecule has 5 aromatic rings. The maximum Gasteiger partial charge on any atom is 0.433 e. The van der Waals surface area contributed by atoms with Crippen LogP contribution in [-0.2, 0) is 32.1 Å². The van der Waals surface area contributed by atoms with Crippen LogP contribution in [0.5, 0.6) is 0 Å². The van der Waals surface area contributed by atoms with Crippen LogP contribution in [0.15, 0.2) is 83.7 Å². The van der Waals surface area contributed by atoms with Crippen molar-refractivity contribution in [1.82, 2.24) is 29.8 Å². The standard InChI is InChI=1S/C30H29F3N6O/c1-2-3-13-26-27(30(31,32)33)38(19-18-21-9-5-4-6-10-21)29(40)39(26)20-22-14-16-23(17-15-22)24-11-7-8-12-25(24)28-34-36-37-35-28/h4-12,14-17H,2-3,13,18-20H2,1H3,(H,34,35,36,37). The number of imidazole rings is 1. The van der Waals surface area contributed by atoms with E-state index in [-0.39, 0.29) is 25.2 Å². The first kappa shape index (κ1) is 27.1. The molecular formula is C30H29F3N6O. The van der Waals surface area contributed by atoms with Crippen molar-refractivity contribution in [2.75, 3.05) is 0 Å². The summed E-state index contributed by atoms with van der Waals surface area (Å²) in [6.45, 7) is 1.93. The lowest BCUT2D eigenvalue weighted by atomic mass is 9.98. The van der Waals surface area contributed by atoms with Crippen molar-refractivity contribution in [3.8, 4) is 22.5 Å². The van der Waals surface area contributed by atoms with Crippen molar-refractivity contribution in [2.24, 2.45) is 0 Å². The zero-order valence-corrected chi connectivity index (χ0v) is 22.0. The van der Waals surface area contributed by atoms with Crippen LogP contribution in [0.4, 0.5) is 13.2 Å². The van der Waals surface area contributed by atoms with Crippen LogP contribution in [-0.4, -0.2) is 29.8 Å². The molecule has 206 valence electrons. The lowest BCUT2D eigenvalue weighted by Gasteiger charge is -2.14. The third-order valence-corrected chi connectivity index (χ3v) is 6.95. The van der Waals surface area contributed by atoms with Crippen LogP contribution in [0.1, 0.15) is 42.3 Å². The smallest absolute Gasteiger partial charge is 0.291 e. The number of nitrogens with zero attached hydrogens (tertiary/aromatic N) is 5. The van der Waals surface area contributed by atoms with Gasteiger partial charge in [-0.2, -0.15) is 18.4 Å². The SMILES string of the molecule is CCCCc1c(C(F)(F)F)n(CCc2ccccc2)c(=O)n1Cc1ccc(-c2ccccc2-c2nn[nH]n2)cc1. The van der Waals surface area contributed by atoms with Gasteiger partial charge >= 0.3 is 11.9 Å². The van der Waals surface area contributed by atoms with Gasteiger partial charge in [-0.3, -0.25) is 9.13 Å². The Hall–Kier alpha value is -4.47. The van der Waals surface area contributed by atoms with Crippen LogP contribution in [0, 0.1) is 0 Å². The molecule has 2 heterocycles. The predicted molar refractivity (Wildman–Crippen MR) is 147 cm³/mol. The summed E-state index contributed by atoms with van der Waals surface area (Å²) in [5.74, 6) is 0.461. The normalized spacial score (nSPS) is 11.7. The number of benzene rings is 3. The number of unbranched alkanes of at least 4 members (excludes halogenated alkanes) is 1. The molecule has 0 aliphatic heterocycles. The molecule has 0 spiro atoms. The van der Waals surface area contributed by atoms with E-state index in [0.29, 0.717) is 18.7 Å². The molecule has 7 nitrogen and oxygen atoms in total. The van der Waals surface area contributed by atoms with E-state index in [9.17, 15) is 18.0 Å². The molecule has 1 N–H and O–H groups in total. The number of hydrogen-bond donors (Lipinski definition) is 1. The van der Waals surface area contributed by atoms with Crippen molar-refractivity contribution in [2.45, 2.75) is 51.9 Å². The van der Waals surface area contributed by atoms with Gasteiger partial charge in [-0.05, 0) is 46.7 Å². The van der Waals surface area contributed by atoms with E-state index in [0.717, 1.165) is 38.8 Å². The van der Waals surface area contributed by atoms with Crippen molar-refractivity contribution >= 4 is 0 Å². The molecule has 0 aliphatic rings. The van der Waals surface area contributed by atoms with Crippen molar-refractivity contribution in [3.63, 3.8) is 0 Å². The zero-order chi connectivity index (χ0) is 28.1. The summed E-state index contributed by atoms with van der Waals surface area (Å²) in [5.41, 5.74) is 2.75. The minimum atomic E-state index is -4.65. The number of aryl methyl sites for hydroxylation is 1. The summed E-state index contributed by atoms with van der Waals surface area (Å²) in [7, 11) is 0. The number of alkyl halides is 3. The second-order valence-corrected chi connectivity index (χ2v) is 9.63. The Labute approximate surface area is 229 Å². The summed E-state index contributed by atoms with van der Waals surface area (Å²) < 4.78 is 45.4. The lowest BCUT2D eigenvalue weighted by Crippen LogP contribution is -2.28. The molecule has 0 aliphatic carbocycles. The van der Waals surface area contributed by atoms with E-state index in [2.05, 4.69) is 20.6 Å². The number of aromatic nitrogens is 6. The molecule has 2 aromatic heterocycles. The third-order valence-electron chi connectivity index (χ3n) is 6.95. The van der Waals surface area contributed by atoms with E-state index in [1.165, 1.54) is 4.57 Å². The molecule has 10 heteroatoms. The highest BCUT2D eigenvalue weighted by molar-refractivity contribution is 5.80. The predicted octanol–water partition coefficient (Wildman–Crippen LogP) is 6.15. The molecule has 3 aromatic carbocycles. The molecule has 0 radical (unpaired) electrons. The Morgan fingerprint density at radius 3 is 2.17 bits per heavy atom. The molecule has 0 bridgehead atoms. The van der Waals surface area contributed by atoms with E-state index in [1.54, 1.807) is 0 Å². The fourth-order valence-corrected chi connectivity index (χ4v) is 4.99. The highest BCUT2D eigenvalue weighted by atomic mass is 19.4. The number of tetrazole rings is 1. The molecule has 40 heavy (non-hydrogen) atoms. The number of H-pyrrole nitrogens is 1. The van der Waals surface area contributed by atoms with Crippen molar-refractivity contribution in [1.29, 1.82) is 0 Å². The van der Waals surface area contributed by atoms with E-state index >= 15 is 0 Å². The Morgan fingerprint density at radius 1 is 0.825 bits per heavy atom. The fourth-order valence-electron chi connectivity index (χ4n) is 4.99. The van der Waals surface area contributed by atoms with Gasteiger partial charge in [0.15, 0.2) is 0 Å². The van der Waals surface area contributed by atoms with Gasteiger partial charge in [-0.1, -0.05) is 92.2 Å². The van der Waals surface area contributed by atoms with Crippen molar-refractivity contribution < 1.29 is 13.2 Å². The highest BCUT2D eigenvalue weighted by Crippen LogP contribution is 2.34. The number of rotatable bonds is 10. The van der Waals surface area contributed by atoms with Gasteiger partial charge < -0.3 is 0 Å². The first-order chi connectivity index (χ1) is 19.4. The molecule has 0 amide bonds. The molecule has 0 atom stereocenters. The molecular weight excluding hydrogens is 517 g/mol. The van der Waals surface area contributed by atoms with E-state index in [1.807, 2.05) is 85.8 Å². The van der Waals surface area contributed by atoms with E-state index < -0.39 is 17.6 Å². The molecule has 5 rings (SSSR count). The van der Waals surface area contributed by atoms with Crippen LogP contribution >= 0.6 is 0 Å². The summed E-state index contributed by atoms with van der Waals surface area (Å²) >= 11 is 0. The lowest BCUT2D eigenvalue weighted by molar-refractivity contribution is -0.144. The van der Waals surface area contributed by atoms with E-state index in [4.69, 9.17) is 0 Å². The van der Waals surface area contributed by atoms with Gasteiger partial charge in [-0.25, -0.2) is 4.79 Å². The average molecular weight is 547 g/mol. The average Bonchev–Trinajstić information content (AvgIpc) is 3.59. The largest absolute Gasteiger partial charge is 0.433 e. The highest BCUT2D eigenvalue weighted by Gasteiger charge is 2.40. The maximum absolute atomic E-state index is 14.4. The topological polar surface area (TPSA) is 81.4 Å². The van der Waals surface area contributed by atoms with Gasteiger partial charge in [0.1, 0.15) is 5.69 Å². The zero-order valence-electron chi connectivity index (χ0n) is 22.0. The summed E-state index contributed by atoms with van der Waals surface area (Å²) in [4.78, 5) is 13.5. The van der Waals surface area contributed by atoms with Gasteiger partial charge in [-0.15, -0.1) is 10.2 Å². The second kappa shape index (κ2) is 11.7. The van der Waals surface area contributed by atoms with Crippen LogP contribution < -0.4 is 5.69 Å². The number of hydrogen-bond acceptors (Lipinski definition) is 4. The van der Waals surface area contributed by atoms with Crippen LogP contribution in [0.25, 0.3) is 22.5 Å². The summed E-state index contributed by atoms with van der Waals surface area (Å²) in [6.07, 6.45) is -2.87. The number of aromatic amines is 1. The Kier molecular flexibility index (Phi) is 7.95. The maximum atomic E-state index is 14.4. The van der Waals surface area contributed by atoms with Gasteiger partial charge in [0, 0.05) is 12.1 Å². The molecule has 0 saturated heterocycles. The molecule has 0 unspecified atom stereocenters. The van der Waals surface area contributed by atoms with Gasteiger partial charge in [0.25, 0.3) is 0 Å². The molecule has 0 saturated carbocycles.